The molecular formula is C20H20F3N3O. The van der Waals surface area contributed by atoms with E-state index in [1.807, 2.05) is 31.2 Å². The first kappa shape index (κ1) is 18.9. The molecule has 0 aliphatic heterocycles. The van der Waals surface area contributed by atoms with Gasteiger partial charge in [-0.2, -0.15) is 13.2 Å². The Labute approximate surface area is 155 Å². The number of carbonyl (C=O) groups excluding carboxylic acids is 1. The molecule has 0 atom stereocenters. The van der Waals surface area contributed by atoms with E-state index in [0.29, 0.717) is 37.1 Å². The van der Waals surface area contributed by atoms with Gasteiger partial charge in [0.2, 0.25) is 5.91 Å². The number of hydrogen-bond acceptors (Lipinski definition) is 2. The summed E-state index contributed by atoms with van der Waals surface area (Å²) in [5.41, 5.74) is 2.65. The number of rotatable bonds is 6. The number of amides is 1. The third-order valence-electron chi connectivity index (χ3n) is 4.29. The summed E-state index contributed by atoms with van der Waals surface area (Å²) in [6.45, 7) is 2.41. The molecule has 0 fully saturated rings. The summed E-state index contributed by atoms with van der Waals surface area (Å²) in [6, 6.07) is 10.4. The largest absolute Gasteiger partial charge is 0.417 e. The van der Waals surface area contributed by atoms with E-state index in [0.717, 1.165) is 17.8 Å². The van der Waals surface area contributed by atoms with Crippen molar-refractivity contribution in [3.63, 3.8) is 0 Å². The Bertz CT molecular complexity index is 930. The number of carbonyl (C=O) groups is 1. The lowest BCUT2D eigenvalue weighted by Crippen LogP contribution is -2.25. The van der Waals surface area contributed by atoms with Gasteiger partial charge < -0.3 is 9.72 Å². The Kier molecular flexibility index (Phi) is 5.48. The first-order chi connectivity index (χ1) is 12.8. The van der Waals surface area contributed by atoms with Gasteiger partial charge in [0.05, 0.1) is 11.3 Å². The van der Waals surface area contributed by atoms with E-state index in [1.165, 1.54) is 16.0 Å². The molecule has 7 heteroatoms. The van der Waals surface area contributed by atoms with Crippen molar-refractivity contribution in [2.45, 2.75) is 32.4 Å². The molecule has 2 heterocycles. The maximum atomic E-state index is 12.7. The molecule has 0 aliphatic carbocycles. The van der Waals surface area contributed by atoms with Crippen LogP contribution in [0.2, 0.25) is 0 Å². The van der Waals surface area contributed by atoms with E-state index in [2.05, 4.69) is 10.3 Å². The minimum absolute atomic E-state index is 0.0568. The number of benzene rings is 1. The van der Waals surface area contributed by atoms with Gasteiger partial charge in [-0.05, 0) is 31.0 Å². The molecule has 3 rings (SSSR count). The van der Waals surface area contributed by atoms with Crippen LogP contribution in [0.15, 0.2) is 48.8 Å². The van der Waals surface area contributed by atoms with Crippen molar-refractivity contribution in [1.82, 2.24) is 14.7 Å². The molecule has 2 aromatic heterocycles. The minimum atomic E-state index is -4.38. The highest BCUT2D eigenvalue weighted by Gasteiger charge is 2.30. The lowest BCUT2D eigenvalue weighted by atomic mass is 10.1. The van der Waals surface area contributed by atoms with E-state index in [-0.39, 0.29) is 5.91 Å². The third-order valence-corrected chi connectivity index (χ3v) is 4.29. The first-order valence-electron chi connectivity index (χ1n) is 8.68. The normalized spacial score (nSPS) is 11.7. The number of pyridine rings is 1. The quantitative estimate of drug-likeness (QED) is 0.709. The van der Waals surface area contributed by atoms with Gasteiger partial charge in [-0.15, -0.1) is 0 Å². The summed E-state index contributed by atoms with van der Waals surface area (Å²) in [7, 11) is 0. The number of imidazole rings is 1. The average Bonchev–Trinajstić information content (AvgIpc) is 3.02. The van der Waals surface area contributed by atoms with Gasteiger partial charge in [-0.1, -0.05) is 29.8 Å². The molecule has 4 nitrogen and oxygen atoms in total. The molecule has 3 aromatic rings. The molecule has 0 aliphatic rings. The van der Waals surface area contributed by atoms with E-state index in [4.69, 9.17) is 0 Å². The van der Waals surface area contributed by atoms with Crippen molar-refractivity contribution < 1.29 is 18.0 Å². The Hall–Kier alpha value is -2.83. The molecule has 0 bridgehead atoms. The fraction of sp³-hybridized carbons (Fsp3) is 0.300. The molecule has 0 saturated heterocycles. The van der Waals surface area contributed by atoms with E-state index in [1.54, 1.807) is 6.20 Å². The van der Waals surface area contributed by atoms with Gasteiger partial charge in [0.25, 0.3) is 0 Å². The van der Waals surface area contributed by atoms with Crippen LogP contribution in [-0.4, -0.2) is 21.8 Å². The molecule has 0 spiro atoms. The minimum Gasteiger partial charge on any atom is -0.356 e. The maximum absolute atomic E-state index is 12.7. The van der Waals surface area contributed by atoms with Crippen LogP contribution in [0.25, 0.3) is 5.65 Å². The van der Waals surface area contributed by atoms with Crippen molar-refractivity contribution in [3.05, 3.63) is 71.2 Å². The zero-order valence-corrected chi connectivity index (χ0v) is 14.9. The SMILES string of the molecule is Cc1ccc(CCC(=O)NCCc2cn3cc(C(F)(F)F)ccc3n2)cc1. The molecule has 142 valence electrons. The molecule has 1 amide bonds. The Balaban J connectivity index is 1.49. The van der Waals surface area contributed by atoms with Gasteiger partial charge in [0.15, 0.2) is 0 Å². The Morgan fingerprint density at radius 2 is 1.81 bits per heavy atom. The van der Waals surface area contributed by atoms with Crippen LogP contribution in [0.5, 0.6) is 0 Å². The monoisotopic (exact) mass is 375 g/mol. The van der Waals surface area contributed by atoms with Gasteiger partial charge in [0, 0.05) is 31.8 Å². The Morgan fingerprint density at radius 3 is 2.52 bits per heavy atom. The van der Waals surface area contributed by atoms with Crippen molar-refractivity contribution in [1.29, 1.82) is 0 Å². The first-order valence-corrected chi connectivity index (χ1v) is 8.68. The highest BCUT2D eigenvalue weighted by molar-refractivity contribution is 5.76. The summed E-state index contributed by atoms with van der Waals surface area (Å²) in [5, 5.41) is 2.82. The number of aryl methyl sites for hydroxylation is 2. The standard InChI is InChI=1S/C20H20F3N3O/c1-14-2-4-15(5-3-14)6-9-19(27)24-11-10-17-13-26-12-16(20(21,22)23)7-8-18(26)25-17/h2-5,7-8,12-13H,6,9-11H2,1H3,(H,24,27). The topological polar surface area (TPSA) is 46.4 Å². The second-order valence-electron chi connectivity index (χ2n) is 6.50. The zero-order valence-electron chi connectivity index (χ0n) is 14.9. The van der Waals surface area contributed by atoms with E-state index in [9.17, 15) is 18.0 Å². The smallest absolute Gasteiger partial charge is 0.356 e. The van der Waals surface area contributed by atoms with Crippen LogP contribution in [-0.2, 0) is 23.8 Å². The van der Waals surface area contributed by atoms with Gasteiger partial charge >= 0.3 is 6.18 Å². The van der Waals surface area contributed by atoms with Crippen molar-refractivity contribution in [2.75, 3.05) is 6.54 Å². The number of nitrogens with one attached hydrogen (secondary N) is 1. The van der Waals surface area contributed by atoms with Crippen LogP contribution >= 0.6 is 0 Å². The van der Waals surface area contributed by atoms with Crippen LogP contribution in [0.1, 0.15) is 28.8 Å². The van der Waals surface area contributed by atoms with E-state index >= 15 is 0 Å². The maximum Gasteiger partial charge on any atom is 0.417 e. The lowest BCUT2D eigenvalue weighted by Gasteiger charge is -2.05. The number of halogens is 3. The molecule has 0 unspecified atom stereocenters. The highest BCUT2D eigenvalue weighted by atomic mass is 19.4. The summed E-state index contributed by atoms with van der Waals surface area (Å²) < 4.78 is 39.6. The second-order valence-corrected chi connectivity index (χ2v) is 6.50. The van der Waals surface area contributed by atoms with Gasteiger partial charge in [-0.3, -0.25) is 4.79 Å². The molecule has 27 heavy (non-hydrogen) atoms. The molecular weight excluding hydrogens is 355 g/mol. The highest BCUT2D eigenvalue weighted by Crippen LogP contribution is 2.29. The molecule has 0 radical (unpaired) electrons. The lowest BCUT2D eigenvalue weighted by molar-refractivity contribution is -0.137. The number of aromatic nitrogens is 2. The third kappa shape index (κ3) is 5.09. The van der Waals surface area contributed by atoms with Crippen LogP contribution in [0.3, 0.4) is 0 Å². The fourth-order valence-corrected chi connectivity index (χ4v) is 2.76. The van der Waals surface area contributed by atoms with Crippen LogP contribution in [0.4, 0.5) is 13.2 Å². The number of nitrogens with zero attached hydrogens (tertiary/aromatic N) is 2. The summed E-state index contributed by atoms with van der Waals surface area (Å²) >= 11 is 0. The summed E-state index contributed by atoms with van der Waals surface area (Å²) in [6.07, 6.45) is -0.289. The molecule has 1 N–H and O–H groups in total. The van der Waals surface area contributed by atoms with E-state index < -0.39 is 11.7 Å². The number of alkyl halides is 3. The Morgan fingerprint density at radius 1 is 1.07 bits per heavy atom. The van der Waals surface area contributed by atoms with Crippen molar-refractivity contribution >= 4 is 11.6 Å². The average molecular weight is 375 g/mol. The zero-order chi connectivity index (χ0) is 19.4. The predicted molar refractivity (Wildman–Crippen MR) is 96.4 cm³/mol. The van der Waals surface area contributed by atoms with Crippen LogP contribution in [0, 0.1) is 6.92 Å². The van der Waals surface area contributed by atoms with Crippen molar-refractivity contribution in [2.24, 2.45) is 0 Å². The van der Waals surface area contributed by atoms with Crippen molar-refractivity contribution in [3.8, 4) is 0 Å². The molecule has 1 aromatic carbocycles. The molecule has 0 saturated carbocycles. The number of fused-ring (bicyclic) bond motifs is 1. The fourth-order valence-electron chi connectivity index (χ4n) is 2.76. The summed E-state index contributed by atoms with van der Waals surface area (Å²) in [4.78, 5) is 16.2. The second kappa shape index (κ2) is 7.82. The van der Waals surface area contributed by atoms with Gasteiger partial charge in [0.1, 0.15) is 5.65 Å². The predicted octanol–water partition coefficient (Wildman–Crippen LogP) is 3.95. The number of hydrogen-bond donors (Lipinski definition) is 1. The van der Waals surface area contributed by atoms with Crippen LogP contribution < -0.4 is 5.32 Å². The summed E-state index contributed by atoms with van der Waals surface area (Å²) in [5.74, 6) is -0.0568. The van der Waals surface area contributed by atoms with Gasteiger partial charge in [-0.25, -0.2) is 4.98 Å².